The Morgan fingerprint density at radius 2 is 1.50 bits per heavy atom. The summed E-state index contributed by atoms with van der Waals surface area (Å²) in [6.45, 7) is 2.00. The van der Waals surface area contributed by atoms with Crippen LogP contribution in [0.15, 0.2) is 0 Å². The van der Waals surface area contributed by atoms with Gasteiger partial charge in [0.15, 0.2) is 0 Å². The molecule has 0 bridgehead atoms. The highest BCUT2D eigenvalue weighted by molar-refractivity contribution is 5.72. The van der Waals surface area contributed by atoms with Crippen molar-refractivity contribution in [2.24, 2.45) is 0 Å². The second-order valence-corrected chi connectivity index (χ2v) is 0.829. The first kappa shape index (κ1) is 10.0. The second kappa shape index (κ2) is 9.34. The van der Waals surface area contributed by atoms with Crippen LogP contribution >= 0.6 is 0 Å². The molecule has 0 saturated carbocycles. The molecule has 0 aliphatic heterocycles. The van der Waals surface area contributed by atoms with E-state index < -0.39 is 0 Å². The van der Waals surface area contributed by atoms with E-state index in [0.717, 1.165) is 0 Å². The fraction of sp³-hybridized carbons (Fsp3) is 0.500. The summed E-state index contributed by atoms with van der Waals surface area (Å²) in [4.78, 5) is 18.0. The summed E-state index contributed by atoms with van der Waals surface area (Å²) in [5.74, 6) is 0. The third-order valence-electron chi connectivity index (χ3n) is 0.454. The van der Waals surface area contributed by atoms with E-state index in [1.54, 1.807) is 14.1 Å². The van der Waals surface area contributed by atoms with Crippen molar-refractivity contribution in [3.05, 3.63) is 0 Å². The number of amides is 2. The van der Waals surface area contributed by atoms with Gasteiger partial charge in [0, 0.05) is 14.1 Å². The molecule has 0 fully saturated rings. The zero-order chi connectivity index (χ0) is 6.99. The van der Waals surface area contributed by atoms with Crippen LogP contribution in [-0.4, -0.2) is 26.9 Å². The summed E-state index contributed by atoms with van der Waals surface area (Å²) in [6.07, 6.45) is 0. The Morgan fingerprint density at radius 1 is 1.25 bits per heavy atom. The van der Waals surface area contributed by atoms with Gasteiger partial charge in [-0.3, -0.25) is 0 Å². The SMILES string of the molecule is C=O.CNC(=O)NC. The predicted octanol–water partition coefficient (Wildman–Crippen LogP) is -0.640. The Morgan fingerprint density at radius 3 is 1.50 bits per heavy atom. The molecule has 48 valence electrons. The molecule has 0 aliphatic rings. The van der Waals surface area contributed by atoms with E-state index >= 15 is 0 Å². The molecule has 0 heterocycles. The Kier molecular flexibility index (Phi) is 11.7. The molecule has 0 aliphatic carbocycles. The van der Waals surface area contributed by atoms with Crippen LogP contribution in [0, 0.1) is 0 Å². The van der Waals surface area contributed by atoms with Gasteiger partial charge in [-0.25, -0.2) is 4.79 Å². The smallest absolute Gasteiger partial charge is 0.314 e. The fourth-order valence-corrected chi connectivity index (χ4v) is 0.125. The van der Waals surface area contributed by atoms with E-state index in [2.05, 4.69) is 10.6 Å². The molecule has 0 aromatic carbocycles. The first-order valence-corrected chi connectivity index (χ1v) is 1.99. The van der Waals surface area contributed by atoms with Crippen LogP contribution in [0.3, 0.4) is 0 Å². The van der Waals surface area contributed by atoms with Gasteiger partial charge in [0.2, 0.25) is 0 Å². The van der Waals surface area contributed by atoms with Crippen LogP contribution in [0.4, 0.5) is 4.79 Å². The van der Waals surface area contributed by atoms with E-state index in [1.165, 1.54) is 0 Å². The molecule has 8 heavy (non-hydrogen) atoms. The second-order valence-electron chi connectivity index (χ2n) is 0.829. The monoisotopic (exact) mass is 118 g/mol. The number of hydrogen-bond acceptors (Lipinski definition) is 2. The molecule has 0 spiro atoms. The lowest BCUT2D eigenvalue weighted by Crippen LogP contribution is -2.28. The molecule has 2 N–H and O–H groups in total. The normalized spacial score (nSPS) is 5.75. The molecule has 4 heteroatoms. The summed E-state index contributed by atoms with van der Waals surface area (Å²) in [5.41, 5.74) is 0. The average molecular weight is 118 g/mol. The summed E-state index contributed by atoms with van der Waals surface area (Å²) >= 11 is 0. The first-order valence-electron chi connectivity index (χ1n) is 1.99. The third-order valence-corrected chi connectivity index (χ3v) is 0.454. The average Bonchev–Trinajstić information content (AvgIpc) is 1.91. The van der Waals surface area contributed by atoms with Gasteiger partial charge in [0.25, 0.3) is 0 Å². The molecule has 2 amide bonds. The summed E-state index contributed by atoms with van der Waals surface area (Å²) in [5, 5.41) is 4.73. The van der Waals surface area contributed by atoms with Crippen LogP contribution in [0.25, 0.3) is 0 Å². The van der Waals surface area contributed by atoms with E-state index in [1.807, 2.05) is 6.79 Å². The predicted molar refractivity (Wildman–Crippen MR) is 30.6 cm³/mol. The number of urea groups is 1. The number of rotatable bonds is 0. The van der Waals surface area contributed by atoms with Gasteiger partial charge in [-0.1, -0.05) is 0 Å². The Labute approximate surface area is 48.3 Å². The van der Waals surface area contributed by atoms with Gasteiger partial charge in [0.1, 0.15) is 6.79 Å². The van der Waals surface area contributed by atoms with Crippen LogP contribution in [-0.2, 0) is 4.79 Å². The lowest BCUT2D eigenvalue weighted by molar-refractivity contribution is -0.0979. The Bertz CT molecular complexity index is 59.1. The van der Waals surface area contributed by atoms with Gasteiger partial charge < -0.3 is 15.4 Å². The standard InChI is InChI=1S/C3H8N2O.CH2O/c1-4-3(6)5-2;1-2/h1-2H3,(H2,4,5,6);1H2. The van der Waals surface area contributed by atoms with E-state index in [-0.39, 0.29) is 6.03 Å². The van der Waals surface area contributed by atoms with E-state index in [9.17, 15) is 4.79 Å². The number of nitrogens with one attached hydrogen (secondary N) is 2. The summed E-state index contributed by atoms with van der Waals surface area (Å²) in [6, 6.07) is -0.157. The Hall–Kier alpha value is -1.06. The molecule has 0 radical (unpaired) electrons. The van der Waals surface area contributed by atoms with Crippen molar-refractivity contribution in [2.75, 3.05) is 14.1 Å². The minimum Gasteiger partial charge on any atom is -0.341 e. The fourth-order valence-electron chi connectivity index (χ4n) is 0.125. The zero-order valence-corrected chi connectivity index (χ0v) is 5.02. The maximum Gasteiger partial charge on any atom is 0.314 e. The lowest BCUT2D eigenvalue weighted by atomic mass is 11.0. The molecule has 0 aromatic heterocycles. The number of hydrogen-bond donors (Lipinski definition) is 2. The zero-order valence-electron chi connectivity index (χ0n) is 5.02. The lowest BCUT2D eigenvalue weighted by Gasteiger charge is -1.91. The molecule has 0 saturated heterocycles. The van der Waals surface area contributed by atoms with Crippen molar-refractivity contribution in [1.29, 1.82) is 0 Å². The number of carbonyl (C=O) groups excluding carboxylic acids is 2. The van der Waals surface area contributed by atoms with Crippen LogP contribution in [0.2, 0.25) is 0 Å². The van der Waals surface area contributed by atoms with Gasteiger partial charge in [-0.15, -0.1) is 0 Å². The summed E-state index contributed by atoms with van der Waals surface area (Å²) in [7, 11) is 3.14. The minimum absolute atomic E-state index is 0.157. The molecule has 0 aromatic rings. The minimum atomic E-state index is -0.157. The maximum absolute atomic E-state index is 9.96. The quantitative estimate of drug-likeness (QED) is 0.444. The topological polar surface area (TPSA) is 58.2 Å². The van der Waals surface area contributed by atoms with Crippen LogP contribution in [0.5, 0.6) is 0 Å². The van der Waals surface area contributed by atoms with Crippen LogP contribution < -0.4 is 10.6 Å². The van der Waals surface area contributed by atoms with Crippen molar-refractivity contribution < 1.29 is 9.59 Å². The van der Waals surface area contributed by atoms with E-state index in [0.29, 0.717) is 0 Å². The molecular formula is C4H10N2O2. The Balaban J connectivity index is 0. The van der Waals surface area contributed by atoms with Crippen molar-refractivity contribution in [3.8, 4) is 0 Å². The summed E-state index contributed by atoms with van der Waals surface area (Å²) < 4.78 is 0. The molecular weight excluding hydrogens is 108 g/mol. The van der Waals surface area contributed by atoms with Crippen molar-refractivity contribution in [3.63, 3.8) is 0 Å². The third kappa shape index (κ3) is 8.87. The van der Waals surface area contributed by atoms with Crippen molar-refractivity contribution in [1.82, 2.24) is 10.6 Å². The molecule has 4 nitrogen and oxygen atoms in total. The van der Waals surface area contributed by atoms with Gasteiger partial charge in [-0.05, 0) is 0 Å². The number of carbonyl (C=O) groups is 2. The van der Waals surface area contributed by atoms with Crippen LogP contribution in [0.1, 0.15) is 0 Å². The molecule has 0 unspecified atom stereocenters. The molecule has 0 rings (SSSR count). The van der Waals surface area contributed by atoms with Gasteiger partial charge in [0.05, 0.1) is 0 Å². The largest absolute Gasteiger partial charge is 0.341 e. The van der Waals surface area contributed by atoms with Gasteiger partial charge in [-0.2, -0.15) is 0 Å². The van der Waals surface area contributed by atoms with Gasteiger partial charge >= 0.3 is 6.03 Å². The van der Waals surface area contributed by atoms with Crippen molar-refractivity contribution in [2.45, 2.75) is 0 Å². The van der Waals surface area contributed by atoms with E-state index in [4.69, 9.17) is 4.79 Å². The highest BCUT2D eigenvalue weighted by atomic mass is 16.2. The molecule has 0 atom stereocenters. The van der Waals surface area contributed by atoms with Crippen molar-refractivity contribution >= 4 is 12.8 Å². The maximum atomic E-state index is 9.96. The highest BCUT2D eigenvalue weighted by Gasteiger charge is 1.81. The first-order chi connectivity index (χ1) is 3.81. The highest BCUT2D eigenvalue weighted by Crippen LogP contribution is 1.48.